The number of hydrogen-bond donors (Lipinski definition) is 1. The second-order valence-electron chi connectivity index (χ2n) is 3.34. The van der Waals surface area contributed by atoms with Crippen molar-refractivity contribution in [3.8, 4) is 0 Å². The molecule has 78 valence electrons. The number of rotatable bonds is 6. The van der Waals surface area contributed by atoms with Gasteiger partial charge in [0.2, 0.25) is 0 Å². The molecule has 0 spiro atoms. The summed E-state index contributed by atoms with van der Waals surface area (Å²) in [5.74, 6) is 1.15. The van der Waals surface area contributed by atoms with Crippen LogP contribution in [-0.2, 0) is 13.0 Å². The summed E-state index contributed by atoms with van der Waals surface area (Å²) >= 11 is 0. The van der Waals surface area contributed by atoms with Crippen LogP contribution >= 0.6 is 0 Å². The zero-order chi connectivity index (χ0) is 10.4. The van der Waals surface area contributed by atoms with Crippen molar-refractivity contribution in [2.24, 2.45) is 0 Å². The van der Waals surface area contributed by atoms with Crippen LogP contribution in [0.2, 0.25) is 0 Å². The van der Waals surface area contributed by atoms with Gasteiger partial charge >= 0.3 is 0 Å². The average Bonchev–Trinajstić information content (AvgIpc) is 2.64. The number of hydrogen-bond acceptors (Lipinski definition) is 2. The van der Waals surface area contributed by atoms with Crippen molar-refractivity contribution in [1.29, 1.82) is 0 Å². The van der Waals surface area contributed by atoms with Crippen LogP contribution in [0.3, 0.4) is 0 Å². The molecule has 1 atom stereocenters. The summed E-state index contributed by atoms with van der Waals surface area (Å²) in [7, 11) is 1.98. The van der Waals surface area contributed by atoms with Crippen molar-refractivity contribution >= 4 is 0 Å². The van der Waals surface area contributed by atoms with Gasteiger partial charge in [0.05, 0.1) is 0 Å². The summed E-state index contributed by atoms with van der Waals surface area (Å²) in [6, 6.07) is 0.445. The maximum Gasteiger partial charge on any atom is 0.110 e. The third-order valence-electron chi connectivity index (χ3n) is 2.43. The highest BCUT2D eigenvalue weighted by Gasteiger charge is 2.08. The summed E-state index contributed by atoms with van der Waals surface area (Å²) < 4.78 is 2.17. The van der Waals surface area contributed by atoms with E-state index in [-0.39, 0.29) is 0 Å². The van der Waals surface area contributed by atoms with E-state index in [1.54, 1.807) is 0 Å². The molecule has 1 rings (SSSR count). The number of nitrogens with zero attached hydrogens (tertiary/aromatic N) is 2. The van der Waals surface area contributed by atoms with Crippen molar-refractivity contribution in [3.63, 3.8) is 0 Å². The second-order valence-corrected chi connectivity index (χ2v) is 3.34. The molecule has 14 heavy (non-hydrogen) atoms. The highest BCUT2D eigenvalue weighted by atomic mass is 15.1. The molecule has 0 bridgehead atoms. The molecular formula is C11H19N3. The van der Waals surface area contributed by atoms with Crippen LogP contribution in [0.25, 0.3) is 0 Å². The van der Waals surface area contributed by atoms with Crippen molar-refractivity contribution in [2.75, 3.05) is 7.05 Å². The van der Waals surface area contributed by atoms with Gasteiger partial charge in [-0.15, -0.1) is 6.58 Å². The average molecular weight is 193 g/mol. The second kappa shape index (κ2) is 5.60. The van der Waals surface area contributed by atoms with Gasteiger partial charge in [-0.3, -0.25) is 0 Å². The minimum atomic E-state index is 0.445. The van der Waals surface area contributed by atoms with Gasteiger partial charge in [-0.05, 0) is 20.4 Å². The van der Waals surface area contributed by atoms with Crippen molar-refractivity contribution < 1.29 is 0 Å². The lowest BCUT2D eigenvalue weighted by Crippen LogP contribution is -2.28. The Balaban J connectivity index is 2.61. The number of aromatic nitrogens is 2. The van der Waals surface area contributed by atoms with Crippen LogP contribution in [0.1, 0.15) is 19.2 Å². The predicted molar refractivity (Wildman–Crippen MR) is 59.3 cm³/mol. The quantitative estimate of drug-likeness (QED) is 0.696. The Hall–Kier alpha value is -1.09. The van der Waals surface area contributed by atoms with Crippen molar-refractivity contribution in [2.45, 2.75) is 32.4 Å². The highest BCUT2D eigenvalue weighted by molar-refractivity contribution is 4.96. The molecule has 0 aliphatic heterocycles. The topological polar surface area (TPSA) is 29.9 Å². The summed E-state index contributed by atoms with van der Waals surface area (Å²) in [5.41, 5.74) is 0. The highest BCUT2D eigenvalue weighted by Crippen LogP contribution is 2.04. The van der Waals surface area contributed by atoms with Crippen LogP contribution in [0, 0.1) is 0 Å². The third-order valence-corrected chi connectivity index (χ3v) is 2.43. The fourth-order valence-electron chi connectivity index (χ4n) is 1.54. The Labute approximate surface area is 85.8 Å². The van der Waals surface area contributed by atoms with E-state index in [0.717, 1.165) is 25.2 Å². The molecule has 3 heteroatoms. The van der Waals surface area contributed by atoms with E-state index in [1.165, 1.54) is 0 Å². The fourth-order valence-corrected chi connectivity index (χ4v) is 1.54. The standard InChI is InChI=1S/C11H19N3/c1-4-6-10(12-3)9-11-13-7-8-14(11)5-2/h4,7-8,10,12H,1,5-6,9H2,2-3H3. The van der Waals surface area contributed by atoms with E-state index in [4.69, 9.17) is 0 Å². The summed E-state index contributed by atoms with van der Waals surface area (Å²) in [6.07, 6.45) is 7.77. The van der Waals surface area contributed by atoms with Gasteiger partial charge in [0.25, 0.3) is 0 Å². The molecule has 0 fully saturated rings. The molecule has 1 aromatic heterocycles. The lowest BCUT2D eigenvalue weighted by molar-refractivity contribution is 0.534. The Bertz CT molecular complexity index is 278. The molecule has 0 aromatic carbocycles. The smallest absolute Gasteiger partial charge is 0.110 e. The Kier molecular flexibility index (Phi) is 4.40. The predicted octanol–water partition coefficient (Wildman–Crippen LogP) is 1.61. The van der Waals surface area contributed by atoms with E-state index in [9.17, 15) is 0 Å². The van der Waals surface area contributed by atoms with Gasteiger partial charge in [0.1, 0.15) is 5.82 Å². The zero-order valence-corrected chi connectivity index (χ0v) is 9.03. The molecule has 1 aromatic rings. The zero-order valence-electron chi connectivity index (χ0n) is 9.03. The number of nitrogens with one attached hydrogen (secondary N) is 1. The molecule has 1 heterocycles. The maximum atomic E-state index is 4.35. The first kappa shape index (κ1) is 11.0. The van der Waals surface area contributed by atoms with E-state index >= 15 is 0 Å². The SMILES string of the molecule is C=CCC(Cc1nccn1CC)NC. The Morgan fingerprint density at radius 1 is 1.71 bits per heavy atom. The third kappa shape index (κ3) is 2.70. The van der Waals surface area contributed by atoms with Gasteiger partial charge in [0, 0.05) is 31.4 Å². The summed E-state index contributed by atoms with van der Waals surface area (Å²) in [6.45, 7) is 6.87. The number of imidazole rings is 1. The van der Waals surface area contributed by atoms with Gasteiger partial charge in [-0.1, -0.05) is 6.08 Å². The van der Waals surface area contributed by atoms with Gasteiger partial charge < -0.3 is 9.88 Å². The van der Waals surface area contributed by atoms with E-state index in [1.807, 2.05) is 25.5 Å². The Morgan fingerprint density at radius 3 is 3.07 bits per heavy atom. The maximum absolute atomic E-state index is 4.35. The first-order chi connectivity index (χ1) is 6.81. The van der Waals surface area contributed by atoms with Crippen molar-refractivity contribution in [1.82, 2.24) is 14.9 Å². The fraction of sp³-hybridized carbons (Fsp3) is 0.545. The van der Waals surface area contributed by atoms with E-state index in [0.29, 0.717) is 6.04 Å². The minimum absolute atomic E-state index is 0.445. The Morgan fingerprint density at radius 2 is 2.50 bits per heavy atom. The van der Waals surface area contributed by atoms with Crippen molar-refractivity contribution in [3.05, 3.63) is 30.9 Å². The van der Waals surface area contributed by atoms with Crippen LogP contribution in [0.5, 0.6) is 0 Å². The van der Waals surface area contributed by atoms with Gasteiger partial charge in [-0.2, -0.15) is 0 Å². The minimum Gasteiger partial charge on any atom is -0.335 e. The van der Waals surface area contributed by atoms with Crippen LogP contribution in [0.15, 0.2) is 25.0 Å². The van der Waals surface area contributed by atoms with Gasteiger partial charge in [-0.25, -0.2) is 4.98 Å². The molecule has 0 saturated heterocycles. The molecule has 0 saturated carbocycles. The lowest BCUT2D eigenvalue weighted by atomic mass is 10.1. The van der Waals surface area contributed by atoms with E-state index < -0.39 is 0 Å². The molecule has 3 nitrogen and oxygen atoms in total. The molecular weight excluding hydrogens is 174 g/mol. The molecule has 1 unspecified atom stereocenters. The first-order valence-corrected chi connectivity index (χ1v) is 5.10. The molecule has 0 amide bonds. The van der Waals surface area contributed by atoms with E-state index in [2.05, 4.69) is 28.4 Å². The first-order valence-electron chi connectivity index (χ1n) is 5.10. The number of likely N-dealkylation sites (N-methyl/N-ethyl adjacent to an activating group) is 1. The van der Waals surface area contributed by atoms with Crippen LogP contribution in [0.4, 0.5) is 0 Å². The normalized spacial score (nSPS) is 12.7. The molecule has 1 N–H and O–H groups in total. The van der Waals surface area contributed by atoms with Gasteiger partial charge in [0.15, 0.2) is 0 Å². The number of aryl methyl sites for hydroxylation is 1. The summed E-state index contributed by atoms with van der Waals surface area (Å²) in [5, 5.41) is 3.27. The van der Waals surface area contributed by atoms with Crippen LogP contribution in [-0.4, -0.2) is 22.6 Å². The molecule has 0 aliphatic rings. The summed E-state index contributed by atoms with van der Waals surface area (Å²) in [4.78, 5) is 4.35. The largest absolute Gasteiger partial charge is 0.335 e. The van der Waals surface area contributed by atoms with Crippen LogP contribution < -0.4 is 5.32 Å². The molecule has 0 radical (unpaired) electrons. The molecule has 0 aliphatic carbocycles. The monoisotopic (exact) mass is 193 g/mol. The lowest BCUT2D eigenvalue weighted by Gasteiger charge is -2.14.